The lowest BCUT2D eigenvalue weighted by Crippen LogP contribution is -2.58. The number of amidine groups is 1. The quantitative estimate of drug-likeness (QED) is 0.348. The van der Waals surface area contributed by atoms with Crippen LogP contribution in [0.1, 0.15) is 0 Å². The Morgan fingerprint density at radius 3 is 2.62 bits per heavy atom. The molecule has 1 rings (SSSR count). The fourth-order valence-electron chi connectivity index (χ4n) is 1.23. The van der Waals surface area contributed by atoms with Crippen molar-refractivity contribution in [3.8, 4) is 6.19 Å². The summed E-state index contributed by atoms with van der Waals surface area (Å²) in [6.07, 6.45) is 3.77. The average molecular weight is 198 g/mol. The third kappa shape index (κ3) is 2.36. The van der Waals surface area contributed by atoms with Crippen molar-refractivity contribution < 1.29 is 0 Å². The van der Waals surface area contributed by atoms with Crippen molar-refractivity contribution in [2.24, 2.45) is 4.99 Å². The third-order valence-corrected chi connectivity index (χ3v) is 2.91. The van der Waals surface area contributed by atoms with Gasteiger partial charge in [0.25, 0.3) is 0 Å². The van der Waals surface area contributed by atoms with Crippen molar-refractivity contribution in [3.63, 3.8) is 0 Å². The summed E-state index contributed by atoms with van der Waals surface area (Å²) in [6, 6.07) is 0.607. The van der Waals surface area contributed by atoms with Gasteiger partial charge >= 0.3 is 0 Å². The van der Waals surface area contributed by atoms with Crippen molar-refractivity contribution in [1.29, 1.82) is 5.26 Å². The molecule has 0 bridgehead atoms. The highest BCUT2D eigenvalue weighted by Crippen LogP contribution is 2.17. The zero-order valence-electron chi connectivity index (χ0n) is 8.19. The fourth-order valence-corrected chi connectivity index (χ4v) is 1.77. The van der Waals surface area contributed by atoms with Gasteiger partial charge in [-0.2, -0.15) is 5.26 Å². The van der Waals surface area contributed by atoms with Crippen LogP contribution in [0.5, 0.6) is 0 Å². The Bertz CT molecular complexity index is 237. The fraction of sp³-hybridized carbons (Fsp3) is 0.750. The number of thioether (sulfide) groups is 1. The predicted octanol–water partition coefficient (Wildman–Crippen LogP) is 0.432. The van der Waals surface area contributed by atoms with Crippen molar-refractivity contribution in [2.75, 3.05) is 33.4 Å². The Kier molecular flexibility index (Phi) is 3.58. The number of nitrogens with zero attached hydrogens (tertiary/aromatic N) is 4. The van der Waals surface area contributed by atoms with Crippen LogP contribution in [0.25, 0.3) is 0 Å². The normalized spacial score (nSPS) is 18.7. The van der Waals surface area contributed by atoms with E-state index in [2.05, 4.69) is 28.9 Å². The first-order valence-corrected chi connectivity index (χ1v) is 5.33. The molecule has 72 valence electrons. The molecule has 0 unspecified atom stereocenters. The first-order chi connectivity index (χ1) is 6.19. The number of aliphatic imine (C=N–C) groups is 1. The van der Waals surface area contributed by atoms with Crippen molar-refractivity contribution in [3.05, 3.63) is 0 Å². The van der Waals surface area contributed by atoms with E-state index in [0.29, 0.717) is 6.04 Å². The Hall–Kier alpha value is -0.730. The van der Waals surface area contributed by atoms with E-state index in [9.17, 15) is 0 Å². The second kappa shape index (κ2) is 4.49. The predicted molar refractivity (Wildman–Crippen MR) is 55.6 cm³/mol. The number of likely N-dealkylation sites (tertiary alicyclic amines) is 1. The minimum absolute atomic E-state index is 0.607. The molecule has 1 aliphatic rings. The van der Waals surface area contributed by atoms with Gasteiger partial charge in [-0.15, -0.1) is 4.99 Å². The lowest BCUT2D eigenvalue weighted by molar-refractivity contribution is 0.127. The molecule has 1 heterocycles. The van der Waals surface area contributed by atoms with Gasteiger partial charge in [0.15, 0.2) is 5.17 Å². The molecule has 0 atom stereocenters. The maximum Gasteiger partial charge on any atom is 0.208 e. The van der Waals surface area contributed by atoms with Gasteiger partial charge in [-0.25, -0.2) is 0 Å². The van der Waals surface area contributed by atoms with Crippen LogP contribution in [0.2, 0.25) is 0 Å². The van der Waals surface area contributed by atoms with Crippen molar-refractivity contribution in [2.45, 2.75) is 6.04 Å². The van der Waals surface area contributed by atoms with E-state index in [-0.39, 0.29) is 0 Å². The highest BCUT2D eigenvalue weighted by Gasteiger charge is 2.30. The van der Waals surface area contributed by atoms with Gasteiger partial charge < -0.3 is 9.80 Å². The van der Waals surface area contributed by atoms with Crippen LogP contribution < -0.4 is 0 Å². The zero-order chi connectivity index (χ0) is 9.84. The lowest BCUT2D eigenvalue weighted by atomic mass is 10.1. The number of hydrogen-bond acceptors (Lipinski definition) is 4. The molecule has 0 amide bonds. The highest BCUT2D eigenvalue weighted by atomic mass is 32.2. The van der Waals surface area contributed by atoms with E-state index >= 15 is 0 Å². The molecule has 4 nitrogen and oxygen atoms in total. The molecular weight excluding hydrogens is 184 g/mol. The molecule has 1 aliphatic heterocycles. The van der Waals surface area contributed by atoms with Gasteiger partial charge in [-0.1, -0.05) is 11.8 Å². The first kappa shape index (κ1) is 10.4. The molecule has 0 aromatic carbocycles. The second-order valence-corrected chi connectivity index (χ2v) is 3.99. The molecule has 1 fully saturated rings. The average Bonchev–Trinajstić information content (AvgIpc) is 1.99. The Balaban J connectivity index is 2.42. The smallest absolute Gasteiger partial charge is 0.208 e. The van der Waals surface area contributed by atoms with Gasteiger partial charge in [0.2, 0.25) is 6.19 Å². The molecule has 0 spiro atoms. The standard InChI is InChI=1S/C8H14N4S/c1-11(2)7-4-12(5-7)8(13-3)10-6-9/h7H,4-5H2,1-3H3. The molecule has 13 heavy (non-hydrogen) atoms. The van der Waals surface area contributed by atoms with Gasteiger partial charge in [-0.3, -0.25) is 0 Å². The summed E-state index contributed by atoms with van der Waals surface area (Å²) >= 11 is 1.53. The van der Waals surface area contributed by atoms with Gasteiger partial charge in [-0.05, 0) is 20.4 Å². The first-order valence-electron chi connectivity index (χ1n) is 4.11. The van der Waals surface area contributed by atoms with Crippen molar-refractivity contribution in [1.82, 2.24) is 9.80 Å². The minimum Gasteiger partial charge on any atom is -0.347 e. The monoisotopic (exact) mass is 198 g/mol. The van der Waals surface area contributed by atoms with Gasteiger partial charge in [0, 0.05) is 19.1 Å². The Morgan fingerprint density at radius 1 is 1.62 bits per heavy atom. The Morgan fingerprint density at radius 2 is 2.23 bits per heavy atom. The Labute approximate surface area is 83.2 Å². The topological polar surface area (TPSA) is 42.6 Å². The number of likely N-dealkylation sites (N-methyl/N-ethyl adjacent to an activating group) is 1. The maximum atomic E-state index is 8.42. The molecule has 0 aromatic rings. The van der Waals surface area contributed by atoms with Crippen LogP contribution in [0.3, 0.4) is 0 Å². The second-order valence-electron chi connectivity index (χ2n) is 3.22. The van der Waals surface area contributed by atoms with E-state index in [0.717, 1.165) is 18.3 Å². The molecule has 0 radical (unpaired) electrons. The van der Waals surface area contributed by atoms with E-state index in [1.807, 2.05) is 12.4 Å². The maximum absolute atomic E-state index is 8.42. The van der Waals surface area contributed by atoms with Crippen LogP contribution >= 0.6 is 11.8 Å². The molecule has 5 heteroatoms. The molecule has 0 aliphatic carbocycles. The summed E-state index contributed by atoms with van der Waals surface area (Å²) < 4.78 is 0. The molecule has 0 N–H and O–H groups in total. The van der Waals surface area contributed by atoms with Crippen LogP contribution in [0.4, 0.5) is 0 Å². The summed E-state index contributed by atoms with van der Waals surface area (Å²) in [4.78, 5) is 8.07. The highest BCUT2D eigenvalue weighted by molar-refractivity contribution is 8.13. The number of rotatable bonds is 1. The van der Waals surface area contributed by atoms with Gasteiger partial charge in [0.1, 0.15) is 0 Å². The summed E-state index contributed by atoms with van der Waals surface area (Å²) in [7, 11) is 4.14. The molecular formula is C8H14N4S. The van der Waals surface area contributed by atoms with Crippen LogP contribution in [0.15, 0.2) is 4.99 Å². The number of hydrogen-bond donors (Lipinski definition) is 0. The van der Waals surface area contributed by atoms with E-state index in [1.165, 1.54) is 11.8 Å². The number of nitriles is 1. The molecule has 0 saturated carbocycles. The van der Waals surface area contributed by atoms with Crippen LogP contribution in [0, 0.1) is 11.5 Å². The largest absolute Gasteiger partial charge is 0.347 e. The molecule has 0 aromatic heterocycles. The third-order valence-electron chi connectivity index (χ3n) is 2.19. The van der Waals surface area contributed by atoms with E-state index < -0.39 is 0 Å². The summed E-state index contributed by atoms with van der Waals surface area (Å²) in [5.74, 6) is 0. The summed E-state index contributed by atoms with van der Waals surface area (Å²) in [5.41, 5.74) is 0. The van der Waals surface area contributed by atoms with E-state index in [1.54, 1.807) is 0 Å². The van der Waals surface area contributed by atoms with Crippen LogP contribution in [-0.2, 0) is 0 Å². The summed E-state index contributed by atoms with van der Waals surface area (Å²) in [6.45, 7) is 1.96. The lowest BCUT2D eigenvalue weighted by Gasteiger charge is -2.43. The summed E-state index contributed by atoms with van der Waals surface area (Å²) in [5, 5.41) is 9.26. The van der Waals surface area contributed by atoms with Crippen LogP contribution in [-0.4, -0.2) is 54.4 Å². The van der Waals surface area contributed by atoms with Gasteiger partial charge in [0.05, 0.1) is 0 Å². The minimum atomic E-state index is 0.607. The van der Waals surface area contributed by atoms with Crippen molar-refractivity contribution >= 4 is 16.9 Å². The SMILES string of the molecule is CSC(=NC#N)N1CC(N(C)C)C1. The van der Waals surface area contributed by atoms with E-state index in [4.69, 9.17) is 5.26 Å². The zero-order valence-corrected chi connectivity index (χ0v) is 9.01. The molecule has 1 saturated heterocycles.